The number of hydrogen-bond acceptors (Lipinski definition) is 5. The van der Waals surface area contributed by atoms with Gasteiger partial charge in [0, 0.05) is 35.6 Å². The molecule has 0 aliphatic rings. The van der Waals surface area contributed by atoms with Crippen LogP contribution in [-0.4, -0.2) is 41.3 Å². The second-order valence-electron chi connectivity index (χ2n) is 11.3. The van der Waals surface area contributed by atoms with Crippen LogP contribution in [0.3, 0.4) is 0 Å². The number of carbonyl (C=O) groups is 1. The molecule has 0 fully saturated rings. The number of pyridine rings is 1. The van der Waals surface area contributed by atoms with Crippen molar-refractivity contribution in [3.63, 3.8) is 0 Å². The van der Waals surface area contributed by atoms with E-state index in [-0.39, 0.29) is 30.2 Å². The Morgan fingerprint density at radius 1 is 0.938 bits per heavy atom. The monoisotopic (exact) mass is 655 g/mol. The quantitative estimate of drug-likeness (QED) is 0.157. The number of alkyl halides is 3. The van der Waals surface area contributed by atoms with Crippen molar-refractivity contribution in [3.8, 4) is 17.2 Å². The highest BCUT2D eigenvalue weighted by Crippen LogP contribution is 2.42. The van der Waals surface area contributed by atoms with Crippen LogP contribution in [0.15, 0.2) is 95.8 Å². The van der Waals surface area contributed by atoms with Gasteiger partial charge in [0.05, 0.1) is 42.3 Å². The minimum absolute atomic E-state index is 0.00575. The van der Waals surface area contributed by atoms with Gasteiger partial charge in [0.15, 0.2) is 0 Å². The number of amides is 1. The minimum atomic E-state index is -4.57. The number of fused-ring (bicyclic) bond motifs is 2. The number of benzene rings is 4. The number of rotatable bonds is 9. The number of nitrogens with zero attached hydrogens (tertiary/aromatic N) is 1. The van der Waals surface area contributed by atoms with Gasteiger partial charge in [0.1, 0.15) is 17.2 Å². The molecule has 0 spiro atoms. The zero-order chi connectivity index (χ0) is 34.2. The van der Waals surface area contributed by atoms with Gasteiger partial charge in [-0.3, -0.25) is 9.59 Å². The zero-order valence-corrected chi connectivity index (χ0v) is 26.3. The molecule has 6 aromatic rings. The molecular formula is C37H32F3N3O5. The number of nitrogens with one attached hydrogen (secondary N) is 2. The van der Waals surface area contributed by atoms with Gasteiger partial charge in [0.2, 0.25) is 0 Å². The molecule has 3 N–H and O–H groups in total. The first-order valence-corrected chi connectivity index (χ1v) is 15.1. The Labute approximate surface area is 273 Å². The molecule has 48 heavy (non-hydrogen) atoms. The first-order valence-electron chi connectivity index (χ1n) is 15.1. The van der Waals surface area contributed by atoms with E-state index in [1.165, 1.54) is 30.9 Å². The highest BCUT2D eigenvalue weighted by molar-refractivity contribution is 5.97. The van der Waals surface area contributed by atoms with Gasteiger partial charge in [-0.25, -0.2) is 0 Å². The molecule has 0 aliphatic carbocycles. The average Bonchev–Trinajstić information content (AvgIpc) is 3.45. The van der Waals surface area contributed by atoms with Gasteiger partial charge in [-0.05, 0) is 72.1 Å². The summed E-state index contributed by atoms with van der Waals surface area (Å²) in [5.41, 5.74) is 1.67. The fraction of sp³-hybridized carbons (Fsp3) is 0.189. The molecule has 6 rings (SSSR count). The standard InChI is InChI=1S/C37H32F3N3O5/c1-43-29-10-6-4-8-25(29)34(44)32(36(43)46)31(21-12-14-22(15-13-21)37(38,39)40)33-24(27-20-23(47-2)16-17-28(27)42-33)18-19-41-35(45)26-9-5-7-11-30(26)48-3/h4-17,20,31,42,44H,18-19H2,1-3H3,(H,41,45). The Kier molecular flexibility index (Phi) is 8.61. The summed E-state index contributed by atoms with van der Waals surface area (Å²) in [6, 6.07) is 23.6. The fourth-order valence-electron chi connectivity index (χ4n) is 6.22. The Balaban J connectivity index is 1.54. The highest BCUT2D eigenvalue weighted by Gasteiger charge is 2.33. The molecule has 1 amide bonds. The van der Waals surface area contributed by atoms with Crippen molar-refractivity contribution < 1.29 is 32.5 Å². The lowest BCUT2D eigenvalue weighted by atomic mass is 9.84. The molecule has 8 nitrogen and oxygen atoms in total. The number of halogens is 3. The molecule has 1 atom stereocenters. The first-order chi connectivity index (χ1) is 23.0. The molecular weight excluding hydrogens is 623 g/mol. The highest BCUT2D eigenvalue weighted by atomic mass is 19.4. The maximum Gasteiger partial charge on any atom is 0.416 e. The minimum Gasteiger partial charge on any atom is -0.507 e. The van der Waals surface area contributed by atoms with E-state index in [2.05, 4.69) is 10.3 Å². The number of aromatic amines is 1. The van der Waals surface area contributed by atoms with E-state index in [1.807, 2.05) is 6.07 Å². The Bertz CT molecular complexity index is 2200. The van der Waals surface area contributed by atoms with Crippen molar-refractivity contribution >= 4 is 27.7 Å². The van der Waals surface area contributed by atoms with E-state index in [0.29, 0.717) is 50.3 Å². The largest absolute Gasteiger partial charge is 0.507 e. The first kappa shape index (κ1) is 32.2. The number of para-hydroxylation sites is 2. The smallest absolute Gasteiger partial charge is 0.416 e. The lowest BCUT2D eigenvalue weighted by Gasteiger charge is -2.22. The summed E-state index contributed by atoms with van der Waals surface area (Å²) in [5, 5.41) is 15.8. The van der Waals surface area contributed by atoms with Crippen molar-refractivity contribution in [1.82, 2.24) is 14.9 Å². The van der Waals surface area contributed by atoms with Gasteiger partial charge in [-0.15, -0.1) is 0 Å². The van der Waals surface area contributed by atoms with Crippen LogP contribution in [-0.2, 0) is 19.6 Å². The van der Waals surface area contributed by atoms with Crippen LogP contribution in [0.2, 0.25) is 0 Å². The summed E-state index contributed by atoms with van der Waals surface area (Å²) in [6.45, 7) is 0.162. The number of aromatic hydroxyl groups is 1. The van der Waals surface area contributed by atoms with Crippen molar-refractivity contribution in [3.05, 3.63) is 135 Å². The summed E-state index contributed by atoms with van der Waals surface area (Å²) in [7, 11) is 4.59. The summed E-state index contributed by atoms with van der Waals surface area (Å²) in [5.74, 6) is -0.675. The molecule has 1 unspecified atom stereocenters. The van der Waals surface area contributed by atoms with Gasteiger partial charge < -0.3 is 29.4 Å². The van der Waals surface area contributed by atoms with Crippen LogP contribution in [0, 0.1) is 0 Å². The van der Waals surface area contributed by atoms with Crippen LogP contribution in [0.5, 0.6) is 17.2 Å². The summed E-state index contributed by atoms with van der Waals surface area (Å²) in [6.07, 6.45) is -4.31. The number of hydrogen-bond donors (Lipinski definition) is 3. The van der Waals surface area contributed by atoms with E-state index in [9.17, 15) is 27.9 Å². The van der Waals surface area contributed by atoms with Crippen molar-refractivity contribution in [2.24, 2.45) is 7.05 Å². The van der Waals surface area contributed by atoms with Crippen LogP contribution in [0.1, 0.15) is 44.2 Å². The van der Waals surface area contributed by atoms with E-state index in [1.54, 1.807) is 67.7 Å². The summed E-state index contributed by atoms with van der Waals surface area (Å²) in [4.78, 5) is 30.6. The number of H-pyrrole nitrogens is 1. The molecule has 0 radical (unpaired) electrons. The third kappa shape index (κ3) is 5.83. The van der Waals surface area contributed by atoms with Gasteiger partial charge in [-0.2, -0.15) is 13.2 Å². The van der Waals surface area contributed by atoms with Crippen LogP contribution in [0.4, 0.5) is 13.2 Å². The SMILES string of the molecule is COc1ccc2[nH]c(C(c3ccc(C(F)(F)F)cc3)c3c(O)c4ccccc4n(C)c3=O)c(CCNC(=O)c3ccccc3OC)c2c1. The van der Waals surface area contributed by atoms with E-state index < -0.39 is 23.2 Å². The fourth-order valence-corrected chi connectivity index (χ4v) is 6.22. The van der Waals surface area contributed by atoms with Gasteiger partial charge >= 0.3 is 6.18 Å². The number of aromatic nitrogens is 2. The second kappa shape index (κ2) is 12.8. The van der Waals surface area contributed by atoms with Crippen LogP contribution < -0.4 is 20.3 Å². The molecule has 246 valence electrons. The average molecular weight is 656 g/mol. The Hall–Kier alpha value is -5.71. The van der Waals surface area contributed by atoms with Crippen molar-refractivity contribution in [1.29, 1.82) is 0 Å². The lowest BCUT2D eigenvalue weighted by Crippen LogP contribution is -2.27. The molecule has 0 bridgehead atoms. The number of carbonyl (C=O) groups excluding carboxylic acids is 1. The Morgan fingerprint density at radius 2 is 1.65 bits per heavy atom. The third-order valence-corrected chi connectivity index (χ3v) is 8.62. The maximum atomic E-state index is 14.1. The lowest BCUT2D eigenvalue weighted by molar-refractivity contribution is -0.137. The predicted molar refractivity (Wildman–Crippen MR) is 177 cm³/mol. The predicted octanol–water partition coefficient (Wildman–Crippen LogP) is 6.91. The summed E-state index contributed by atoms with van der Waals surface area (Å²) >= 11 is 0. The van der Waals surface area contributed by atoms with Gasteiger partial charge in [-0.1, -0.05) is 36.4 Å². The molecule has 0 saturated heterocycles. The second-order valence-corrected chi connectivity index (χ2v) is 11.3. The molecule has 4 aromatic carbocycles. The number of methoxy groups -OCH3 is 2. The van der Waals surface area contributed by atoms with Gasteiger partial charge in [0.25, 0.3) is 11.5 Å². The molecule has 2 aromatic heterocycles. The van der Waals surface area contributed by atoms with E-state index >= 15 is 0 Å². The van der Waals surface area contributed by atoms with E-state index in [0.717, 1.165) is 17.5 Å². The van der Waals surface area contributed by atoms with Crippen molar-refractivity contribution in [2.45, 2.75) is 18.5 Å². The molecule has 0 aliphatic heterocycles. The molecule has 11 heteroatoms. The van der Waals surface area contributed by atoms with Crippen LogP contribution in [0.25, 0.3) is 21.8 Å². The third-order valence-electron chi connectivity index (χ3n) is 8.62. The number of ether oxygens (including phenoxy) is 2. The van der Waals surface area contributed by atoms with Crippen molar-refractivity contribution in [2.75, 3.05) is 20.8 Å². The van der Waals surface area contributed by atoms with E-state index in [4.69, 9.17) is 9.47 Å². The molecule has 2 heterocycles. The zero-order valence-electron chi connectivity index (χ0n) is 26.3. The Morgan fingerprint density at radius 3 is 2.35 bits per heavy atom. The summed E-state index contributed by atoms with van der Waals surface area (Å²) < 4.78 is 53.1. The van der Waals surface area contributed by atoms with Crippen LogP contribution >= 0.6 is 0 Å². The molecule has 0 saturated carbocycles. The maximum absolute atomic E-state index is 14.1. The number of aryl methyl sites for hydroxylation is 1. The normalized spacial score (nSPS) is 12.3. The topological polar surface area (TPSA) is 106 Å².